The van der Waals surface area contributed by atoms with Crippen LogP contribution in [0.1, 0.15) is 16.9 Å². The van der Waals surface area contributed by atoms with Crippen molar-refractivity contribution >= 4 is 34.4 Å². The molecule has 0 atom stereocenters. The molecule has 4 aromatic heterocycles. The van der Waals surface area contributed by atoms with E-state index in [1.807, 2.05) is 24.4 Å². The van der Waals surface area contributed by atoms with Crippen molar-refractivity contribution in [2.45, 2.75) is 13.0 Å². The lowest BCUT2D eigenvalue weighted by Crippen LogP contribution is -2.36. The summed E-state index contributed by atoms with van der Waals surface area (Å²) in [5, 5.41) is 7.05. The topological polar surface area (TPSA) is 123 Å². The number of aryl methyl sites for hydroxylation is 1. The Balaban J connectivity index is 1.18. The summed E-state index contributed by atoms with van der Waals surface area (Å²) < 4.78 is 7.45. The van der Waals surface area contributed by atoms with Crippen molar-refractivity contribution in [1.29, 1.82) is 0 Å². The van der Waals surface area contributed by atoms with Gasteiger partial charge in [-0.1, -0.05) is 0 Å². The number of nitrogens with zero attached hydrogens (tertiary/aromatic N) is 7. The molecule has 0 unspecified atom stereocenters. The van der Waals surface area contributed by atoms with E-state index in [0.29, 0.717) is 24.7 Å². The Morgan fingerprint density at radius 2 is 1.94 bits per heavy atom. The average molecular weight is 460 g/mol. The van der Waals surface area contributed by atoms with Crippen molar-refractivity contribution in [2.75, 3.05) is 43.1 Å². The molecule has 11 nitrogen and oxygen atoms in total. The number of amides is 1. The lowest BCUT2D eigenvalue weighted by atomic mass is 10.3. The van der Waals surface area contributed by atoms with Crippen LogP contribution in [-0.4, -0.2) is 68.2 Å². The standard InChI is InChI=1S/C23H25N9O2/c33-22(19-16-24-6-7-25-19)26-5-1-8-32-9-4-17-14-28-23(30-21(17)32)29-18-2-3-20(27-15-18)31-10-12-34-13-11-31/h2-4,6-7,9,14-16H,1,5,8,10-13H2,(H,26,33)(H,28,29,30). The number of morpholine rings is 1. The van der Waals surface area contributed by atoms with Gasteiger partial charge in [-0.15, -0.1) is 0 Å². The highest BCUT2D eigenvalue weighted by atomic mass is 16.5. The first-order valence-corrected chi connectivity index (χ1v) is 11.2. The summed E-state index contributed by atoms with van der Waals surface area (Å²) >= 11 is 0. The van der Waals surface area contributed by atoms with Crippen LogP contribution in [0, 0.1) is 0 Å². The fourth-order valence-electron chi connectivity index (χ4n) is 3.74. The molecular formula is C23H25N9O2. The zero-order valence-electron chi connectivity index (χ0n) is 18.6. The highest BCUT2D eigenvalue weighted by Gasteiger charge is 2.12. The highest BCUT2D eigenvalue weighted by molar-refractivity contribution is 5.91. The predicted octanol–water partition coefficient (Wildman–Crippen LogP) is 2.02. The molecule has 0 saturated carbocycles. The van der Waals surface area contributed by atoms with Crippen LogP contribution in [0.15, 0.2) is 55.4 Å². The van der Waals surface area contributed by atoms with E-state index in [0.717, 1.165) is 55.3 Å². The Morgan fingerprint density at radius 1 is 1.03 bits per heavy atom. The van der Waals surface area contributed by atoms with Gasteiger partial charge in [-0.2, -0.15) is 4.98 Å². The maximum Gasteiger partial charge on any atom is 0.271 e. The third-order valence-corrected chi connectivity index (χ3v) is 5.50. The van der Waals surface area contributed by atoms with Crippen molar-refractivity contribution in [3.8, 4) is 0 Å². The lowest BCUT2D eigenvalue weighted by Gasteiger charge is -2.27. The predicted molar refractivity (Wildman–Crippen MR) is 127 cm³/mol. The smallest absolute Gasteiger partial charge is 0.271 e. The van der Waals surface area contributed by atoms with Gasteiger partial charge in [0.05, 0.1) is 31.3 Å². The maximum atomic E-state index is 12.1. The number of pyridine rings is 1. The van der Waals surface area contributed by atoms with Crippen LogP contribution >= 0.6 is 0 Å². The van der Waals surface area contributed by atoms with E-state index < -0.39 is 0 Å². The molecule has 0 aromatic carbocycles. The number of carbonyl (C=O) groups is 1. The van der Waals surface area contributed by atoms with Gasteiger partial charge >= 0.3 is 0 Å². The molecule has 0 spiro atoms. The van der Waals surface area contributed by atoms with Crippen molar-refractivity contribution < 1.29 is 9.53 Å². The molecule has 5 heterocycles. The Morgan fingerprint density at radius 3 is 2.74 bits per heavy atom. The van der Waals surface area contributed by atoms with Gasteiger partial charge in [0.2, 0.25) is 5.95 Å². The Bertz CT molecular complexity index is 1240. The molecule has 11 heteroatoms. The quantitative estimate of drug-likeness (QED) is 0.381. The molecule has 1 aliphatic rings. The van der Waals surface area contributed by atoms with Crippen molar-refractivity contribution in [3.05, 3.63) is 61.1 Å². The van der Waals surface area contributed by atoms with E-state index in [-0.39, 0.29) is 5.91 Å². The van der Waals surface area contributed by atoms with Gasteiger partial charge in [-0.25, -0.2) is 15.0 Å². The van der Waals surface area contributed by atoms with Gasteiger partial charge in [0.15, 0.2) is 0 Å². The summed E-state index contributed by atoms with van der Waals surface area (Å²) in [7, 11) is 0. The number of fused-ring (bicyclic) bond motifs is 1. The van der Waals surface area contributed by atoms with Crippen molar-refractivity contribution in [2.24, 2.45) is 0 Å². The second-order valence-electron chi connectivity index (χ2n) is 7.81. The first-order valence-electron chi connectivity index (χ1n) is 11.2. The van der Waals surface area contributed by atoms with Crippen LogP contribution in [0.2, 0.25) is 0 Å². The fraction of sp³-hybridized carbons (Fsp3) is 0.304. The highest BCUT2D eigenvalue weighted by Crippen LogP contribution is 2.20. The molecule has 0 aliphatic carbocycles. The Kier molecular flexibility index (Phi) is 6.52. The van der Waals surface area contributed by atoms with E-state index in [1.165, 1.54) is 18.6 Å². The third kappa shape index (κ3) is 5.09. The number of rotatable bonds is 8. The Labute approximate surface area is 196 Å². The van der Waals surface area contributed by atoms with E-state index in [9.17, 15) is 4.79 Å². The lowest BCUT2D eigenvalue weighted by molar-refractivity contribution is 0.0947. The molecular weight excluding hydrogens is 434 g/mol. The summed E-state index contributed by atoms with van der Waals surface area (Å²) in [6.07, 6.45) is 10.8. The Hall–Kier alpha value is -4.12. The van der Waals surface area contributed by atoms with Gasteiger partial charge in [-0.3, -0.25) is 9.78 Å². The molecule has 1 saturated heterocycles. The number of nitrogens with one attached hydrogen (secondary N) is 2. The van der Waals surface area contributed by atoms with E-state index in [4.69, 9.17) is 4.74 Å². The van der Waals surface area contributed by atoms with E-state index >= 15 is 0 Å². The van der Waals surface area contributed by atoms with Gasteiger partial charge in [0.1, 0.15) is 17.2 Å². The molecule has 1 fully saturated rings. The second kappa shape index (κ2) is 10.2. The second-order valence-corrected chi connectivity index (χ2v) is 7.81. The summed E-state index contributed by atoms with van der Waals surface area (Å²) in [6.45, 7) is 4.37. The number of ether oxygens (including phenoxy) is 1. The molecule has 1 aliphatic heterocycles. The number of aromatic nitrogens is 6. The van der Waals surface area contributed by atoms with Crippen LogP contribution in [0.5, 0.6) is 0 Å². The summed E-state index contributed by atoms with van der Waals surface area (Å²) in [6, 6.07) is 5.95. The molecule has 2 N–H and O–H groups in total. The van der Waals surface area contributed by atoms with Gasteiger partial charge < -0.3 is 24.8 Å². The minimum atomic E-state index is -0.229. The van der Waals surface area contributed by atoms with Crippen LogP contribution < -0.4 is 15.5 Å². The summed E-state index contributed by atoms with van der Waals surface area (Å²) in [5.41, 5.74) is 1.96. The normalized spacial score (nSPS) is 13.7. The molecule has 4 aromatic rings. The number of anilines is 3. The minimum absolute atomic E-state index is 0.229. The summed E-state index contributed by atoms with van der Waals surface area (Å²) in [5.74, 6) is 1.21. The molecule has 5 rings (SSSR count). The minimum Gasteiger partial charge on any atom is -0.378 e. The number of carbonyl (C=O) groups excluding carboxylic acids is 1. The van der Waals surface area contributed by atoms with Crippen LogP contribution in [-0.2, 0) is 11.3 Å². The maximum absolute atomic E-state index is 12.1. The van der Waals surface area contributed by atoms with Crippen LogP contribution in [0.25, 0.3) is 11.0 Å². The molecule has 0 radical (unpaired) electrons. The SMILES string of the molecule is O=C(NCCCn1ccc2cnc(Nc3ccc(N4CCOCC4)nc3)nc21)c1cnccn1. The average Bonchev–Trinajstić information content (AvgIpc) is 3.30. The van der Waals surface area contributed by atoms with Gasteiger partial charge in [0, 0.05) is 56.4 Å². The van der Waals surface area contributed by atoms with E-state index in [2.05, 4.69) is 45.0 Å². The van der Waals surface area contributed by atoms with Crippen LogP contribution in [0.4, 0.5) is 17.5 Å². The molecule has 174 valence electrons. The largest absolute Gasteiger partial charge is 0.378 e. The van der Waals surface area contributed by atoms with Crippen LogP contribution in [0.3, 0.4) is 0 Å². The fourth-order valence-corrected chi connectivity index (χ4v) is 3.74. The van der Waals surface area contributed by atoms with Gasteiger partial charge in [0.25, 0.3) is 5.91 Å². The molecule has 34 heavy (non-hydrogen) atoms. The first kappa shape index (κ1) is 21.7. The van der Waals surface area contributed by atoms with Crippen molar-refractivity contribution in [3.63, 3.8) is 0 Å². The van der Waals surface area contributed by atoms with Gasteiger partial charge in [-0.05, 0) is 24.6 Å². The zero-order chi connectivity index (χ0) is 23.2. The first-order chi connectivity index (χ1) is 16.8. The summed E-state index contributed by atoms with van der Waals surface area (Å²) in [4.78, 5) is 35.9. The van der Waals surface area contributed by atoms with E-state index in [1.54, 1.807) is 12.4 Å². The zero-order valence-corrected chi connectivity index (χ0v) is 18.6. The molecule has 1 amide bonds. The molecule has 0 bridgehead atoms. The number of hydrogen-bond donors (Lipinski definition) is 2. The monoisotopic (exact) mass is 459 g/mol. The third-order valence-electron chi connectivity index (χ3n) is 5.50. The number of hydrogen-bond acceptors (Lipinski definition) is 9. The van der Waals surface area contributed by atoms with Crippen molar-refractivity contribution in [1.82, 2.24) is 34.8 Å².